The SMILES string of the molecule is O=C(O)C1=C[C@H](c2cccc(Br)c2)n2nnnc2N1. The van der Waals surface area contributed by atoms with Crippen molar-refractivity contribution in [2.24, 2.45) is 0 Å². The van der Waals surface area contributed by atoms with E-state index in [4.69, 9.17) is 5.11 Å². The highest BCUT2D eigenvalue weighted by molar-refractivity contribution is 9.10. The lowest BCUT2D eigenvalue weighted by Crippen LogP contribution is -2.24. The number of carboxylic acid groups (broad SMARTS) is 1. The minimum absolute atomic E-state index is 0.0623. The second kappa shape index (κ2) is 4.47. The van der Waals surface area contributed by atoms with Gasteiger partial charge in [-0.15, -0.1) is 0 Å². The van der Waals surface area contributed by atoms with Crippen LogP contribution in [0.25, 0.3) is 0 Å². The predicted molar refractivity (Wildman–Crippen MR) is 69.4 cm³/mol. The van der Waals surface area contributed by atoms with Crippen LogP contribution in [-0.2, 0) is 4.79 Å². The number of aliphatic carboxylic acids is 1. The molecule has 1 aliphatic rings. The monoisotopic (exact) mass is 321 g/mol. The lowest BCUT2D eigenvalue weighted by Gasteiger charge is -2.21. The molecule has 8 heteroatoms. The fraction of sp³-hybridized carbons (Fsp3) is 0.0909. The van der Waals surface area contributed by atoms with Crippen molar-refractivity contribution in [2.75, 3.05) is 5.32 Å². The highest BCUT2D eigenvalue weighted by Gasteiger charge is 2.26. The third kappa shape index (κ3) is 2.10. The van der Waals surface area contributed by atoms with Crippen LogP contribution >= 0.6 is 15.9 Å². The number of tetrazole rings is 1. The largest absolute Gasteiger partial charge is 0.477 e. The van der Waals surface area contributed by atoms with Gasteiger partial charge in [0.1, 0.15) is 11.7 Å². The summed E-state index contributed by atoms with van der Waals surface area (Å²) in [6, 6.07) is 7.21. The van der Waals surface area contributed by atoms with Crippen molar-refractivity contribution < 1.29 is 9.90 Å². The number of rotatable bonds is 2. The van der Waals surface area contributed by atoms with Gasteiger partial charge in [0.25, 0.3) is 0 Å². The smallest absolute Gasteiger partial charge is 0.352 e. The summed E-state index contributed by atoms with van der Waals surface area (Å²) >= 11 is 3.39. The molecule has 1 aliphatic heterocycles. The second-order valence-electron chi connectivity index (χ2n) is 3.96. The van der Waals surface area contributed by atoms with Crippen molar-refractivity contribution in [3.8, 4) is 0 Å². The summed E-state index contributed by atoms with van der Waals surface area (Å²) in [7, 11) is 0. The molecule has 2 N–H and O–H groups in total. The second-order valence-corrected chi connectivity index (χ2v) is 4.87. The minimum atomic E-state index is -1.05. The minimum Gasteiger partial charge on any atom is -0.477 e. The zero-order chi connectivity index (χ0) is 13.4. The van der Waals surface area contributed by atoms with Gasteiger partial charge in [0.05, 0.1) is 0 Å². The van der Waals surface area contributed by atoms with Crippen LogP contribution in [0.15, 0.2) is 40.5 Å². The van der Waals surface area contributed by atoms with Gasteiger partial charge in [0, 0.05) is 4.47 Å². The quantitative estimate of drug-likeness (QED) is 0.869. The average Bonchev–Trinajstić information content (AvgIpc) is 2.85. The van der Waals surface area contributed by atoms with E-state index >= 15 is 0 Å². The summed E-state index contributed by atoms with van der Waals surface area (Å²) in [5, 5.41) is 23.0. The molecule has 0 spiro atoms. The molecule has 2 aromatic rings. The molecule has 96 valence electrons. The van der Waals surface area contributed by atoms with Crippen molar-refractivity contribution in [1.29, 1.82) is 0 Å². The number of allylic oxidation sites excluding steroid dienone is 1. The van der Waals surface area contributed by atoms with Gasteiger partial charge in [-0.1, -0.05) is 33.2 Å². The van der Waals surface area contributed by atoms with E-state index in [-0.39, 0.29) is 11.7 Å². The van der Waals surface area contributed by atoms with Crippen LogP contribution in [0, 0.1) is 0 Å². The van der Waals surface area contributed by atoms with Crippen LogP contribution in [0.1, 0.15) is 11.6 Å². The molecule has 7 nitrogen and oxygen atoms in total. The van der Waals surface area contributed by atoms with E-state index in [2.05, 4.69) is 36.8 Å². The molecule has 1 atom stereocenters. The molecular formula is C11H8BrN5O2. The number of carboxylic acids is 1. The van der Waals surface area contributed by atoms with Crippen molar-refractivity contribution in [1.82, 2.24) is 20.2 Å². The zero-order valence-corrected chi connectivity index (χ0v) is 11.1. The molecule has 0 bridgehead atoms. The first-order valence-corrected chi connectivity index (χ1v) is 6.20. The molecule has 3 rings (SSSR count). The molecule has 1 aromatic carbocycles. The Balaban J connectivity index is 2.11. The summed E-state index contributed by atoms with van der Waals surface area (Å²) in [6.07, 6.45) is 1.58. The lowest BCUT2D eigenvalue weighted by molar-refractivity contribution is -0.132. The number of nitrogens with zero attached hydrogens (tertiary/aromatic N) is 4. The van der Waals surface area contributed by atoms with Gasteiger partial charge in [-0.2, -0.15) is 4.68 Å². The number of fused-ring (bicyclic) bond motifs is 1. The van der Waals surface area contributed by atoms with E-state index in [0.29, 0.717) is 5.95 Å². The van der Waals surface area contributed by atoms with Crippen LogP contribution in [0.5, 0.6) is 0 Å². The number of benzene rings is 1. The Morgan fingerprint density at radius 1 is 1.47 bits per heavy atom. The van der Waals surface area contributed by atoms with Gasteiger partial charge in [-0.25, -0.2) is 4.79 Å². The number of carbonyl (C=O) groups is 1. The fourth-order valence-corrected chi connectivity index (χ4v) is 2.32. The molecule has 0 aliphatic carbocycles. The molecule has 19 heavy (non-hydrogen) atoms. The first kappa shape index (κ1) is 11.8. The summed E-state index contributed by atoms with van der Waals surface area (Å²) in [6.45, 7) is 0. The average molecular weight is 322 g/mol. The van der Waals surface area contributed by atoms with E-state index in [0.717, 1.165) is 10.0 Å². The maximum Gasteiger partial charge on any atom is 0.352 e. The Labute approximate surface area is 116 Å². The topological polar surface area (TPSA) is 92.9 Å². The molecule has 0 amide bonds. The molecule has 0 unspecified atom stereocenters. The highest BCUT2D eigenvalue weighted by atomic mass is 79.9. The molecule has 1 aromatic heterocycles. The van der Waals surface area contributed by atoms with Crippen LogP contribution in [0.3, 0.4) is 0 Å². The Morgan fingerprint density at radius 2 is 2.32 bits per heavy atom. The van der Waals surface area contributed by atoms with E-state index in [9.17, 15) is 4.79 Å². The number of anilines is 1. The normalized spacial score (nSPS) is 17.3. The maximum atomic E-state index is 11.1. The van der Waals surface area contributed by atoms with Crippen LogP contribution in [-0.4, -0.2) is 31.3 Å². The molecule has 0 radical (unpaired) electrons. The molecule has 0 fully saturated rings. The molecule has 0 saturated heterocycles. The van der Waals surface area contributed by atoms with Gasteiger partial charge in [-0.05, 0) is 34.2 Å². The van der Waals surface area contributed by atoms with Crippen LogP contribution in [0.2, 0.25) is 0 Å². The van der Waals surface area contributed by atoms with Gasteiger partial charge >= 0.3 is 5.97 Å². The molecular weight excluding hydrogens is 314 g/mol. The predicted octanol–water partition coefficient (Wildman–Crippen LogP) is 1.42. The Bertz CT molecular complexity index is 681. The van der Waals surface area contributed by atoms with Crippen LogP contribution < -0.4 is 5.32 Å². The first-order chi connectivity index (χ1) is 9.15. The number of hydrogen-bond donors (Lipinski definition) is 2. The summed E-state index contributed by atoms with van der Waals surface area (Å²) < 4.78 is 2.44. The van der Waals surface area contributed by atoms with E-state index < -0.39 is 5.97 Å². The van der Waals surface area contributed by atoms with Crippen LogP contribution in [0.4, 0.5) is 5.95 Å². The molecule has 0 saturated carbocycles. The summed E-state index contributed by atoms with van der Waals surface area (Å²) in [4.78, 5) is 11.1. The Morgan fingerprint density at radius 3 is 3.05 bits per heavy atom. The maximum absolute atomic E-state index is 11.1. The standard InChI is InChI=1S/C11H8BrN5O2/c12-7-3-1-2-6(4-7)9-5-8(10(18)19)13-11-14-15-16-17(9)11/h1-5,9H,(H,18,19)(H,13,14,16)/t9-/m1/s1. The summed E-state index contributed by atoms with van der Waals surface area (Å²) in [5.74, 6) is -0.737. The fourth-order valence-electron chi connectivity index (χ4n) is 1.91. The van der Waals surface area contributed by atoms with E-state index in [1.165, 1.54) is 4.68 Å². The highest BCUT2D eigenvalue weighted by Crippen LogP contribution is 2.28. The number of aromatic nitrogens is 4. The molecule has 2 heterocycles. The van der Waals surface area contributed by atoms with Crippen molar-refractivity contribution >= 4 is 27.8 Å². The van der Waals surface area contributed by atoms with E-state index in [1.54, 1.807) is 6.08 Å². The van der Waals surface area contributed by atoms with Gasteiger partial charge in [0.15, 0.2) is 0 Å². The van der Waals surface area contributed by atoms with Gasteiger partial charge in [-0.3, -0.25) is 0 Å². The Kier molecular flexibility index (Phi) is 2.79. The van der Waals surface area contributed by atoms with Gasteiger partial charge in [0.2, 0.25) is 5.95 Å². The number of halogens is 1. The summed E-state index contributed by atoms with van der Waals surface area (Å²) in [5.41, 5.74) is 0.954. The van der Waals surface area contributed by atoms with Gasteiger partial charge < -0.3 is 10.4 Å². The van der Waals surface area contributed by atoms with E-state index in [1.807, 2.05) is 24.3 Å². The Hall–Kier alpha value is -2.22. The third-order valence-electron chi connectivity index (χ3n) is 2.75. The van der Waals surface area contributed by atoms with Crippen molar-refractivity contribution in [3.63, 3.8) is 0 Å². The number of nitrogens with one attached hydrogen (secondary N) is 1. The first-order valence-electron chi connectivity index (χ1n) is 5.40. The third-order valence-corrected chi connectivity index (χ3v) is 3.24. The van der Waals surface area contributed by atoms with Crippen molar-refractivity contribution in [3.05, 3.63) is 46.1 Å². The number of hydrogen-bond acceptors (Lipinski definition) is 5. The zero-order valence-electron chi connectivity index (χ0n) is 9.49. The van der Waals surface area contributed by atoms with Crippen molar-refractivity contribution in [2.45, 2.75) is 6.04 Å². The lowest BCUT2D eigenvalue weighted by atomic mass is 10.0.